The molecule has 1 aromatic carbocycles. The molecule has 1 atom stereocenters. The van der Waals surface area contributed by atoms with Crippen LogP contribution in [0.2, 0.25) is 0 Å². The molecule has 2 aliphatic rings. The zero-order chi connectivity index (χ0) is 23.0. The Bertz CT molecular complexity index is 1090. The maximum atomic E-state index is 14.2. The highest BCUT2D eigenvalue weighted by atomic mass is 19.1. The summed E-state index contributed by atoms with van der Waals surface area (Å²) < 4.78 is 21.0. The van der Waals surface area contributed by atoms with Gasteiger partial charge in [-0.3, -0.25) is 4.68 Å². The van der Waals surface area contributed by atoms with Crippen molar-refractivity contribution in [3.05, 3.63) is 48.1 Å². The number of rotatable bonds is 5. The normalized spacial score (nSPS) is 23.8. The minimum atomic E-state index is -1.26. The molecule has 0 amide bonds. The van der Waals surface area contributed by atoms with E-state index in [0.717, 1.165) is 37.4 Å². The summed E-state index contributed by atoms with van der Waals surface area (Å²) in [5.74, 6) is -0.919. The van der Waals surface area contributed by atoms with E-state index < -0.39 is 23.4 Å². The molecule has 0 radical (unpaired) electrons. The number of methoxy groups -OCH3 is 1. The third kappa shape index (κ3) is 4.19. The average molecular weight is 442 g/mol. The van der Waals surface area contributed by atoms with Crippen LogP contribution < -0.4 is 4.90 Å². The second-order valence-electron chi connectivity index (χ2n) is 9.05. The van der Waals surface area contributed by atoms with Gasteiger partial charge in [-0.1, -0.05) is 0 Å². The van der Waals surface area contributed by atoms with E-state index in [2.05, 4.69) is 0 Å². The number of nitrogens with zero attached hydrogens (tertiary/aromatic N) is 3. The highest BCUT2D eigenvalue weighted by molar-refractivity contribution is 5.89. The van der Waals surface area contributed by atoms with E-state index in [1.54, 1.807) is 19.9 Å². The van der Waals surface area contributed by atoms with Gasteiger partial charge in [0.25, 0.3) is 0 Å². The van der Waals surface area contributed by atoms with Gasteiger partial charge in [-0.25, -0.2) is 9.18 Å². The number of carbonyl (C=O) groups is 2. The van der Waals surface area contributed by atoms with Crippen molar-refractivity contribution in [1.82, 2.24) is 9.78 Å². The van der Waals surface area contributed by atoms with E-state index in [1.807, 2.05) is 16.9 Å². The summed E-state index contributed by atoms with van der Waals surface area (Å²) in [6, 6.07) is 2.95. The Morgan fingerprint density at radius 2 is 2.00 bits per heavy atom. The molecule has 1 fully saturated rings. The van der Waals surface area contributed by atoms with Crippen molar-refractivity contribution >= 4 is 28.8 Å². The summed E-state index contributed by atoms with van der Waals surface area (Å²) in [5, 5.41) is 16.4. The number of allylic oxidation sites excluding steroid dienone is 2. The molecule has 0 saturated heterocycles. The van der Waals surface area contributed by atoms with Gasteiger partial charge in [-0.2, -0.15) is 5.10 Å². The number of ether oxygens (including phenoxy) is 1. The van der Waals surface area contributed by atoms with Gasteiger partial charge in [-0.05, 0) is 63.8 Å². The summed E-state index contributed by atoms with van der Waals surface area (Å²) >= 11 is 0. The molecule has 2 heterocycles. The first-order chi connectivity index (χ1) is 15.2. The number of esters is 1. The van der Waals surface area contributed by atoms with Crippen molar-refractivity contribution in [3.8, 4) is 0 Å². The third-order valence-electron chi connectivity index (χ3n) is 6.33. The molecule has 1 aliphatic heterocycles. The summed E-state index contributed by atoms with van der Waals surface area (Å²) in [6.45, 7) is 3.28. The van der Waals surface area contributed by atoms with Crippen LogP contribution in [0.4, 0.5) is 10.1 Å². The van der Waals surface area contributed by atoms with E-state index in [1.165, 1.54) is 30.4 Å². The first-order valence-corrected chi connectivity index (χ1v) is 10.8. The minimum absolute atomic E-state index is 0.119. The van der Waals surface area contributed by atoms with E-state index in [-0.39, 0.29) is 12.0 Å². The van der Waals surface area contributed by atoms with Crippen molar-refractivity contribution in [1.29, 1.82) is 0 Å². The number of aliphatic hydroxyl groups is 1. The molecule has 170 valence electrons. The Morgan fingerprint density at radius 3 is 2.62 bits per heavy atom. The fourth-order valence-electron chi connectivity index (χ4n) is 4.54. The molecule has 1 aliphatic carbocycles. The van der Waals surface area contributed by atoms with Crippen LogP contribution in [-0.4, -0.2) is 40.3 Å². The van der Waals surface area contributed by atoms with Gasteiger partial charge >= 0.3 is 5.97 Å². The Hall–Kier alpha value is -3.00. The van der Waals surface area contributed by atoms with Gasteiger partial charge in [0, 0.05) is 35.0 Å². The van der Waals surface area contributed by atoms with E-state index in [9.17, 15) is 19.1 Å². The van der Waals surface area contributed by atoms with Crippen LogP contribution in [0, 0.1) is 5.92 Å². The van der Waals surface area contributed by atoms with Gasteiger partial charge < -0.3 is 19.5 Å². The molecular formula is C24H28FN3O4. The molecule has 1 unspecified atom stereocenters. The number of fused-ring (bicyclic) bond motifs is 1. The lowest BCUT2D eigenvalue weighted by molar-refractivity contribution is -0.140. The second-order valence-corrected chi connectivity index (χ2v) is 9.05. The standard InChI is InChI=1S/C24H28FN3O4/c1-24(2,31)19-11-20-16(12-28(26-20)18-7-4-15(14-29)5-8-18)10-22(19)27-13-17(25)6-9-21(27)23(30)32-3/h6,9-15,18,21,31H,4-5,7-8H2,1-3H3. The molecule has 32 heavy (non-hydrogen) atoms. The molecule has 1 N–H and O–H groups in total. The quantitative estimate of drug-likeness (QED) is 0.559. The number of hydrogen-bond acceptors (Lipinski definition) is 6. The molecule has 0 bridgehead atoms. The van der Waals surface area contributed by atoms with Gasteiger partial charge in [0.1, 0.15) is 12.1 Å². The first kappa shape index (κ1) is 22.2. The van der Waals surface area contributed by atoms with E-state index in [4.69, 9.17) is 9.84 Å². The number of halogens is 1. The monoisotopic (exact) mass is 441 g/mol. The summed E-state index contributed by atoms with van der Waals surface area (Å²) in [6.07, 6.45) is 10.3. The van der Waals surface area contributed by atoms with Crippen molar-refractivity contribution in [3.63, 3.8) is 0 Å². The zero-order valence-electron chi connectivity index (χ0n) is 18.5. The first-order valence-electron chi connectivity index (χ1n) is 10.8. The van der Waals surface area contributed by atoms with Gasteiger partial charge in [0.05, 0.1) is 24.3 Å². The maximum absolute atomic E-state index is 14.2. The number of benzene rings is 1. The number of carbonyl (C=O) groups excluding carboxylic acids is 2. The molecule has 8 heteroatoms. The predicted molar refractivity (Wildman–Crippen MR) is 119 cm³/mol. The topological polar surface area (TPSA) is 84.7 Å². The highest BCUT2D eigenvalue weighted by Gasteiger charge is 2.32. The van der Waals surface area contributed by atoms with Crippen molar-refractivity contribution in [2.45, 2.75) is 57.2 Å². The molecule has 2 aromatic rings. The van der Waals surface area contributed by atoms with Gasteiger partial charge in [0.2, 0.25) is 0 Å². The lowest BCUT2D eigenvalue weighted by Gasteiger charge is -2.33. The largest absolute Gasteiger partial charge is 0.467 e. The second kappa shape index (κ2) is 8.50. The van der Waals surface area contributed by atoms with Crippen molar-refractivity contribution in [2.24, 2.45) is 5.92 Å². The SMILES string of the molecule is COC(=O)C1C=CC(F)=CN1c1cc2cn(C3CCC(C=O)CC3)nc2cc1C(C)(C)O. The Kier molecular flexibility index (Phi) is 5.90. The Balaban J connectivity index is 1.78. The lowest BCUT2D eigenvalue weighted by atomic mass is 9.87. The third-order valence-corrected chi connectivity index (χ3v) is 6.33. The van der Waals surface area contributed by atoms with E-state index in [0.29, 0.717) is 16.8 Å². The smallest absolute Gasteiger partial charge is 0.332 e. The van der Waals surface area contributed by atoms with Crippen LogP contribution in [-0.2, 0) is 19.9 Å². The fourth-order valence-corrected chi connectivity index (χ4v) is 4.54. The summed E-state index contributed by atoms with van der Waals surface area (Å²) in [4.78, 5) is 24.9. The maximum Gasteiger partial charge on any atom is 0.332 e. The lowest BCUT2D eigenvalue weighted by Crippen LogP contribution is -2.40. The van der Waals surface area contributed by atoms with Crippen LogP contribution in [0.15, 0.2) is 42.5 Å². The van der Waals surface area contributed by atoms with Crippen LogP contribution in [0.25, 0.3) is 10.9 Å². The van der Waals surface area contributed by atoms with E-state index >= 15 is 0 Å². The molecule has 1 aromatic heterocycles. The summed E-state index contributed by atoms with van der Waals surface area (Å²) in [7, 11) is 1.28. The number of hydrogen-bond donors (Lipinski definition) is 1. The van der Waals surface area contributed by atoms with Crippen molar-refractivity contribution < 1.29 is 23.8 Å². The van der Waals surface area contributed by atoms with Crippen LogP contribution in [0.5, 0.6) is 0 Å². The number of anilines is 1. The summed E-state index contributed by atoms with van der Waals surface area (Å²) in [5.41, 5.74) is 0.467. The van der Waals surface area contributed by atoms with Crippen LogP contribution in [0.1, 0.15) is 51.1 Å². The predicted octanol–water partition coefficient (Wildman–Crippen LogP) is 3.92. The molecular weight excluding hydrogens is 413 g/mol. The van der Waals surface area contributed by atoms with Gasteiger partial charge in [-0.15, -0.1) is 0 Å². The Labute approximate surface area is 186 Å². The highest BCUT2D eigenvalue weighted by Crippen LogP contribution is 2.38. The van der Waals surface area contributed by atoms with Crippen molar-refractivity contribution in [2.75, 3.05) is 12.0 Å². The molecule has 0 spiro atoms. The van der Waals surface area contributed by atoms with Gasteiger partial charge in [0.15, 0.2) is 6.04 Å². The zero-order valence-corrected chi connectivity index (χ0v) is 18.5. The van der Waals surface area contributed by atoms with Crippen LogP contribution in [0.3, 0.4) is 0 Å². The average Bonchev–Trinajstić information content (AvgIpc) is 3.20. The molecule has 7 nitrogen and oxygen atoms in total. The fraction of sp³-hybridized carbons (Fsp3) is 0.458. The minimum Gasteiger partial charge on any atom is -0.467 e. The molecule has 4 rings (SSSR count). The number of aldehydes is 1. The Morgan fingerprint density at radius 1 is 1.28 bits per heavy atom. The molecule has 1 saturated carbocycles. The number of aromatic nitrogens is 2. The van der Waals surface area contributed by atoms with Crippen LogP contribution >= 0.6 is 0 Å².